The Balaban J connectivity index is 0.000000360. The van der Waals surface area contributed by atoms with Gasteiger partial charge >= 0.3 is 51.4 Å². The van der Waals surface area contributed by atoms with Crippen molar-refractivity contribution in [2.24, 2.45) is 0 Å². The van der Waals surface area contributed by atoms with E-state index in [2.05, 4.69) is 18.6 Å². The summed E-state index contributed by atoms with van der Waals surface area (Å²) in [6, 6.07) is 0. The molecule has 1 aliphatic rings. The van der Waals surface area contributed by atoms with Gasteiger partial charge in [0.05, 0.1) is 0 Å². The molecule has 0 bridgehead atoms. The molecule has 0 aliphatic heterocycles. The monoisotopic (exact) mass is 120 g/mol. The van der Waals surface area contributed by atoms with Crippen LogP contribution in [0.15, 0.2) is 12.2 Å². The van der Waals surface area contributed by atoms with Gasteiger partial charge in [-0.05, 0) is 0 Å². The third-order valence-corrected chi connectivity index (χ3v) is 1.01. The predicted octanol–water partition coefficient (Wildman–Crippen LogP) is -1.07. The van der Waals surface area contributed by atoms with Crippen LogP contribution in [0.1, 0.15) is 19.3 Å². The normalized spacial score (nSPS) is 18.3. The Bertz CT molecular complexity index is 49.2. The maximum atomic E-state index is 2.31. The van der Waals surface area contributed by atoms with Crippen LogP contribution in [0.2, 0.25) is 0 Å². The minimum Gasteiger partial charge on any atom is -0.325 e. The molecule has 0 atom stereocenters. The second-order valence-corrected chi connectivity index (χ2v) is 1.57. The Kier molecular flexibility index (Phi) is 6.60. The van der Waals surface area contributed by atoms with Gasteiger partial charge in [0.2, 0.25) is 0 Å². The van der Waals surface area contributed by atoms with Crippen LogP contribution >= 0.6 is 0 Å². The van der Waals surface area contributed by atoms with E-state index in [1.165, 1.54) is 19.3 Å². The fraction of sp³-hybridized carbons (Fsp3) is 0.500. The minimum atomic E-state index is 0. The molecular formula is C6H9K. The Labute approximate surface area is 87.8 Å². The van der Waals surface area contributed by atoms with E-state index in [-0.39, 0.29) is 51.4 Å². The quantitative estimate of drug-likeness (QED) is 0.217. The van der Waals surface area contributed by atoms with Gasteiger partial charge in [0.1, 0.15) is 0 Å². The van der Waals surface area contributed by atoms with E-state index in [1.54, 1.807) is 0 Å². The van der Waals surface area contributed by atoms with Crippen molar-refractivity contribution in [3.8, 4) is 0 Å². The Morgan fingerprint density at radius 1 is 1.29 bits per heavy atom. The van der Waals surface area contributed by atoms with Crippen LogP contribution in [-0.4, -0.2) is 0 Å². The van der Waals surface area contributed by atoms with Gasteiger partial charge in [0.25, 0.3) is 0 Å². The first kappa shape index (κ1) is 8.38. The van der Waals surface area contributed by atoms with Crippen LogP contribution in [0.4, 0.5) is 0 Å². The van der Waals surface area contributed by atoms with Gasteiger partial charge in [0.15, 0.2) is 0 Å². The van der Waals surface area contributed by atoms with E-state index in [0.717, 1.165) is 0 Å². The fourth-order valence-electron chi connectivity index (χ4n) is 0.642. The third kappa shape index (κ3) is 3.92. The molecular weight excluding hydrogens is 111 g/mol. The molecule has 0 saturated carbocycles. The molecule has 0 nitrogen and oxygen atoms in total. The second kappa shape index (κ2) is 5.51. The molecule has 1 rings (SSSR count). The largest absolute Gasteiger partial charge is 1.00 e. The van der Waals surface area contributed by atoms with Crippen LogP contribution in [0.3, 0.4) is 0 Å². The van der Waals surface area contributed by atoms with Crippen molar-refractivity contribution in [3.63, 3.8) is 0 Å². The van der Waals surface area contributed by atoms with Gasteiger partial charge in [-0.15, -0.1) is 6.08 Å². The van der Waals surface area contributed by atoms with Crippen LogP contribution in [0, 0.1) is 6.42 Å². The molecule has 0 spiro atoms. The molecule has 0 fully saturated rings. The van der Waals surface area contributed by atoms with Crippen molar-refractivity contribution in [2.45, 2.75) is 19.3 Å². The van der Waals surface area contributed by atoms with Crippen LogP contribution in [-0.2, 0) is 0 Å². The first-order valence-electron chi connectivity index (χ1n) is 2.47. The average Bonchev–Trinajstić information content (AvgIpc) is 1.72. The maximum Gasteiger partial charge on any atom is 1.00 e. The second-order valence-electron chi connectivity index (χ2n) is 1.57. The summed E-state index contributed by atoms with van der Waals surface area (Å²) in [5.41, 5.74) is 0. The first-order valence-corrected chi connectivity index (χ1v) is 2.47. The molecule has 1 heteroatoms. The molecule has 7 heavy (non-hydrogen) atoms. The zero-order chi connectivity index (χ0) is 4.24. The smallest absolute Gasteiger partial charge is 0.325 e. The molecule has 0 saturated heterocycles. The molecule has 0 aromatic heterocycles. The molecule has 1 aliphatic carbocycles. The minimum absolute atomic E-state index is 0. The Hall–Kier alpha value is 1.38. The summed E-state index contributed by atoms with van der Waals surface area (Å²) in [6.07, 6.45) is 10.5. The summed E-state index contributed by atoms with van der Waals surface area (Å²) in [4.78, 5) is 0. The van der Waals surface area contributed by atoms with Gasteiger partial charge in [-0.2, -0.15) is 12.8 Å². The topological polar surface area (TPSA) is 0 Å². The van der Waals surface area contributed by atoms with Gasteiger partial charge in [-0.1, -0.05) is 12.5 Å². The van der Waals surface area contributed by atoms with Crippen LogP contribution in [0.25, 0.3) is 0 Å². The molecule has 34 valence electrons. The summed E-state index contributed by atoms with van der Waals surface area (Å²) in [7, 11) is 0. The molecule has 0 unspecified atom stereocenters. The van der Waals surface area contributed by atoms with E-state index >= 15 is 0 Å². The Morgan fingerprint density at radius 3 is 2.29 bits per heavy atom. The maximum absolute atomic E-state index is 2.31. The number of hydrogen-bond donors (Lipinski definition) is 0. The Morgan fingerprint density at radius 2 is 2.14 bits per heavy atom. The number of allylic oxidation sites excluding steroid dienone is 2. The van der Waals surface area contributed by atoms with Crippen molar-refractivity contribution in [1.82, 2.24) is 0 Å². The summed E-state index contributed by atoms with van der Waals surface area (Å²) in [5.74, 6) is 0. The molecule has 0 amide bonds. The predicted molar refractivity (Wildman–Crippen MR) is 27.3 cm³/mol. The summed E-state index contributed by atoms with van der Waals surface area (Å²) >= 11 is 0. The molecule has 0 radical (unpaired) electrons. The van der Waals surface area contributed by atoms with E-state index in [0.29, 0.717) is 0 Å². The van der Waals surface area contributed by atoms with Crippen molar-refractivity contribution in [1.29, 1.82) is 0 Å². The summed E-state index contributed by atoms with van der Waals surface area (Å²) in [6.45, 7) is 0. The van der Waals surface area contributed by atoms with Crippen molar-refractivity contribution >= 4 is 0 Å². The molecule has 0 aromatic rings. The first-order chi connectivity index (χ1) is 3.00. The van der Waals surface area contributed by atoms with Crippen LogP contribution in [0.5, 0.6) is 0 Å². The average molecular weight is 120 g/mol. The molecule has 0 aromatic carbocycles. The van der Waals surface area contributed by atoms with Gasteiger partial charge in [0, 0.05) is 0 Å². The standard InChI is InChI=1S/C6H9.K/c1-2-4-6-5-3-1;/h1-2,5H,3-4,6H2;/q-1;+1. The van der Waals surface area contributed by atoms with Crippen molar-refractivity contribution < 1.29 is 51.4 Å². The SMILES string of the molecule is C1=CCC[CH-]C1.[K+]. The fourth-order valence-corrected chi connectivity index (χ4v) is 0.642. The van der Waals surface area contributed by atoms with Gasteiger partial charge in [-0.25, -0.2) is 0 Å². The number of rotatable bonds is 0. The van der Waals surface area contributed by atoms with Crippen LogP contribution < -0.4 is 51.4 Å². The molecule has 0 heterocycles. The van der Waals surface area contributed by atoms with Crippen molar-refractivity contribution in [3.05, 3.63) is 18.6 Å². The summed E-state index contributed by atoms with van der Waals surface area (Å²) < 4.78 is 0. The van der Waals surface area contributed by atoms with Gasteiger partial charge in [-0.3, -0.25) is 0 Å². The zero-order valence-electron chi connectivity index (χ0n) is 4.85. The zero-order valence-corrected chi connectivity index (χ0v) is 7.98. The van der Waals surface area contributed by atoms with E-state index in [9.17, 15) is 0 Å². The van der Waals surface area contributed by atoms with E-state index < -0.39 is 0 Å². The molecule has 0 N–H and O–H groups in total. The van der Waals surface area contributed by atoms with E-state index in [4.69, 9.17) is 0 Å². The van der Waals surface area contributed by atoms with Gasteiger partial charge < -0.3 is 6.42 Å². The third-order valence-electron chi connectivity index (χ3n) is 1.01. The summed E-state index contributed by atoms with van der Waals surface area (Å²) in [5, 5.41) is 0. The van der Waals surface area contributed by atoms with Crippen molar-refractivity contribution in [2.75, 3.05) is 0 Å². The number of hydrogen-bond acceptors (Lipinski definition) is 0. The van der Waals surface area contributed by atoms with E-state index in [1.807, 2.05) is 0 Å².